The van der Waals surface area contributed by atoms with Crippen LogP contribution in [0.4, 0.5) is 0 Å². The largest absolute Gasteiger partial charge is 0.497 e. The summed E-state index contributed by atoms with van der Waals surface area (Å²) in [5.74, 6) is 1.53. The van der Waals surface area contributed by atoms with Crippen LogP contribution in [-0.2, 0) is 6.54 Å². The van der Waals surface area contributed by atoms with E-state index >= 15 is 0 Å². The lowest BCUT2D eigenvalue weighted by atomic mass is 10.2. The Morgan fingerprint density at radius 2 is 1.85 bits per heavy atom. The Morgan fingerprint density at radius 1 is 1.11 bits per heavy atom. The van der Waals surface area contributed by atoms with Crippen LogP contribution in [0.3, 0.4) is 0 Å². The molecule has 7 nitrogen and oxygen atoms in total. The van der Waals surface area contributed by atoms with Crippen molar-refractivity contribution in [3.8, 4) is 11.4 Å². The van der Waals surface area contributed by atoms with Gasteiger partial charge in [0.2, 0.25) is 0 Å². The normalized spacial score (nSPS) is 13.4. The Morgan fingerprint density at radius 3 is 2.56 bits per heavy atom. The van der Waals surface area contributed by atoms with Crippen LogP contribution in [-0.4, -0.2) is 27.7 Å². The quantitative estimate of drug-likeness (QED) is 0.574. The van der Waals surface area contributed by atoms with E-state index in [2.05, 4.69) is 33.9 Å². The van der Waals surface area contributed by atoms with Crippen LogP contribution in [0.5, 0.6) is 5.75 Å². The number of methoxy groups -OCH3 is 1. The minimum atomic E-state index is 0.606. The molecule has 0 fully saturated rings. The fraction of sp³-hybridized carbons (Fsp3) is 0.111. The summed E-state index contributed by atoms with van der Waals surface area (Å²) in [4.78, 5) is 0. The zero-order valence-electron chi connectivity index (χ0n) is 14.4. The molecule has 0 saturated carbocycles. The predicted molar refractivity (Wildman–Crippen MR) is 107 cm³/mol. The molecule has 3 aromatic rings. The molecule has 4 rings (SSSR count). The van der Waals surface area contributed by atoms with Gasteiger partial charge in [-0.1, -0.05) is 23.7 Å². The highest BCUT2D eigenvalue weighted by Crippen LogP contribution is 2.23. The summed E-state index contributed by atoms with van der Waals surface area (Å²) < 4.78 is 6.94. The van der Waals surface area contributed by atoms with Gasteiger partial charge in [0, 0.05) is 5.02 Å². The van der Waals surface area contributed by atoms with Gasteiger partial charge in [0.1, 0.15) is 10.8 Å². The number of hydrogen-bond donors (Lipinski definition) is 3. The van der Waals surface area contributed by atoms with Crippen molar-refractivity contribution in [3.63, 3.8) is 0 Å². The monoisotopic (exact) mass is 400 g/mol. The number of amidine groups is 1. The molecule has 0 atom stereocenters. The number of thiol groups is 1. The van der Waals surface area contributed by atoms with E-state index in [4.69, 9.17) is 16.3 Å². The fourth-order valence-electron chi connectivity index (χ4n) is 2.76. The van der Waals surface area contributed by atoms with E-state index in [1.165, 1.54) is 0 Å². The SMILES string of the molecule is COc1ccc(CN2NNN=C2c2cnn(-c3ccc(Cl)cc3)c2S)cc1. The number of ether oxygens (including phenoxy) is 1. The van der Waals surface area contributed by atoms with Crippen LogP contribution in [0, 0.1) is 0 Å². The summed E-state index contributed by atoms with van der Waals surface area (Å²) in [6.45, 7) is 0.606. The van der Waals surface area contributed by atoms with E-state index in [-0.39, 0.29) is 0 Å². The Kier molecular flexibility index (Phi) is 4.93. The Labute approximate surface area is 166 Å². The van der Waals surface area contributed by atoms with E-state index in [0.29, 0.717) is 22.4 Å². The molecule has 1 aliphatic rings. The highest BCUT2D eigenvalue weighted by Gasteiger charge is 2.24. The van der Waals surface area contributed by atoms with Crippen LogP contribution in [0.1, 0.15) is 11.1 Å². The molecule has 0 bridgehead atoms. The van der Waals surface area contributed by atoms with Gasteiger partial charge in [0.15, 0.2) is 5.84 Å². The first kappa shape index (κ1) is 17.7. The second-order valence-electron chi connectivity index (χ2n) is 5.86. The number of aromatic nitrogens is 2. The number of benzene rings is 2. The number of rotatable bonds is 5. The summed E-state index contributed by atoms with van der Waals surface area (Å²) in [5, 5.41) is 12.0. The molecule has 0 saturated heterocycles. The fourth-order valence-corrected chi connectivity index (χ4v) is 3.21. The van der Waals surface area contributed by atoms with Crippen LogP contribution in [0.25, 0.3) is 5.69 Å². The second kappa shape index (κ2) is 7.51. The Hall–Kier alpha value is -2.68. The number of hydrazone groups is 1. The van der Waals surface area contributed by atoms with Crippen molar-refractivity contribution >= 4 is 30.1 Å². The molecule has 0 spiro atoms. The summed E-state index contributed by atoms with van der Waals surface area (Å²) in [7, 11) is 1.65. The first-order valence-electron chi connectivity index (χ1n) is 8.18. The second-order valence-corrected chi connectivity index (χ2v) is 6.72. The smallest absolute Gasteiger partial charge is 0.177 e. The third-order valence-electron chi connectivity index (χ3n) is 4.16. The maximum atomic E-state index is 5.96. The highest BCUT2D eigenvalue weighted by atomic mass is 35.5. The lowest BCUT2D eigenvalue weighted by molar-refractivity contribution is 0.287. The van der Waals surface area contributed by atoms with Crippen LogP contribution in [0.2, 0.25) is 5.02 Å². The van der Waals surface area contributed by atoms with Crippen molar-refractivity contribution in [3.05, 3.63) is 70.9 Å². The van der Waals surface area contributed by atoms with Crippen molar-refractivity contribution in [2.45, 2.75) is 11.6 Å². The highest BCUT2D eigenvalue weighted by molar-refractivity contribution is 7.80. The molecular formula is C18H17ClN6OS. The van der Waals surface area contributed by atoms with Crippen LogP contribution < -0.4 is 15.8 Å². The standard InChI is InChI=1S/C18H17ClN6OS/c1-26-15-8-2-12(3-9-15)11-24-17(21-22-23-24)16-10-20-25(18(16)27)14-6-4-13(19)5-7-14/h2-10,22-23,27H,11H2,1H3. The Bertz CT molecular complexity index is 971. The van der Waals surface area contributed by atoms with Gasteiger partial charge in [-0.25, -0.2) is 10.2 Å². The Balaban J connectivity index is 1.57. The number of nitrogens with one attached hydrogen (secondary N) is 2. The van der Waals surface area contributed by atoms with Crippen LogP contribution in [0.15, 0.2) is 64.9 Å². The summed E-state index contributed by atoms with van der Waals surface area (Å²) >= 11 is 10.6. The van der Waals surface area contributed by atoms with Crippen molar-refractivity contribution in [2.24, 2.45) is 5.10 Å². The molecule has 2 aromatic carbocycles. The maximum Gasteiger partial charge on any atom is 0.177 e. The molecule has 27 heavy (non-hydrogen) atoms. The number of nitrogens with zero attached hydrogens (tertiary/aromatic N) is 4. The predicted octanol–water partition coefficient (Wildman–Crippen LogP) is 3.01. The average molecular weight is 401 g/mol. The van der Waals surface area contributed by atoms with Gasteiger partial charge in [-0.3, -0.25) is 5.01 Å². The third-order valence-corrected chi connectivity index (χ3v) is 4.84. The minimum absolute atomic E-state index is 0.606. The van der Waals surface area contributed by atoms with Crippen molar-refractivity contribution in [1.82, 2.24) is 25.9 Å². The van der Waals surface area contributed by atoms with Gasteiger partial charge in [-0.15, -0.1) is 23.3 Å². The van der Waals surface area contributed by atoms with E-state index in [0.717, 1.165) is 22.6 Å². The van der Waals surface area contributed by atoms with E-state index in [9.17, 15) is 0 Å². The summed E-state index contributed by atoms with van der Waals surface area (Å²) in [6.07, 6.45) is 1.74. The minimum Gasteiger partial charge on any atom is -0.497 e. The molecule has 2 N–H and O–H groups in total. The molecular weight excluding hydrogens is 384 g/mol. The van der Waals surface area contributed by atoms with Gasteiger partial charge >= 0.3 is 0 Å². The first-order valence-corrected chi connectivity index (χ1v) is 9.00. The molecule has 1 aromatic heterocycles. The zero-order valence-corrected chi connectivity index (χ0v) is 16.1. The zero-order chi connectivity index (χ0) is 18.8. The average Bonchev–Trinajstić information content (AvgIpc) is 3.29. The van der Waals surface area contributed by atoms with Gasteiger partial charge < -0.3 is 4.74 Å². The molecule has 0 radical (unpaired) electrons. The van der Waals surface area contributed by atoms with Gasteiger partial charge in [0.05, 0.1) is 31.1 Å². The van der Waals surface area contributed by atoms with E-state index < -0.39 is 0 Å². The number of hydrazine groups is 2. The molecule has 0 aliphatic carbocycles. The molecule has 0 amide bonds. The van der Waals surface area contributed by atoms with E-state index in [1.54, 1.807) is 18.0 Å². The van der Waals surface area contributed by atoms with Crippen molar-refractivity contribution < 1.29 is 4.74 Å². The third kappa shape index (κ3) is 3.59. The summed E-state index contributed by atoms with van der Waals surface area (Å²) in [6, 6.07) is 15.3. The van der Waals surface area contributed by atoms with Gasteiger partial charge in [-0.2, -0.15) is 5.10 Å². The maximum absolute atomic E-state index is 5.96. The lowest BCUT2D eigenvalue weighted by Gasteiger charge is -2.19. The first-order chi connectivity index (χ1) is 13.2. The van der Waals surface area contributed by atoms with Crippen LogP contribution >= 0.6 is 24.2 Å². The number of hydrogen-bond acceptors (Lipinski definition) is 7. The topological polar surface area (TPSA) is 66.7 Å². The van der Waals surface area contributed by atoms with Gasteiger partial charge in [-0.05, 0) is 42.0 Å². The molecule has 2 heterocycles. The lowest BCUT2D eigenvalue weighted by Crippen LogP contribution is -2.40. The molecule has 9 heteroatoms. The van der Waals surface area contributed by atoms with E-state index in [1.807, 2.05) is 53.5 Å². The molecule has 138 valence electrons. The summed E-state index contributed by atoms with van der Waals surface area (Å²) in [5.41, 5.74) is 8.60. The molecule has 1 aliphatic heterocycles. The van der Waals surface area contributed by atoms with Crippen molar-refractivity contribution in [2.75, 3.05) is 7.11 Å². The van der Waals surface area contributed by atoms with Gasteiger partial charge in [0.25, 0.3) is 0 Å². The van der Waals surface area contributed by atoms with Crippen molar-refractivity contribution in [1.29, 1.82) is 0 Å². The molecule has 0 unspecified atom stereocenters. The number of halogens is 1.